The fourth-order valence-corrected chi connectivity index (χ4v) is 5.94. The number of nitrogen functional groups attached to an aromatic ring is 1. The lowest BCUT2D eigenvalue weighted by Crippen LogP contribution is -2.47. The number of halogens is 3. The van der Waals surface area contributed by atoms with Crippen molar-refractivity contribution in [3.05, 3.63) is 18.3 Å². The molecule has 6 heterocycles. The topological polar surface area (TPSA) is 92.9 Å². The van der Waals surface area contributed by atoms with E-state index in [-0.39, 0.29) is 5.82 Å². The van der Waals surface area contributed by atoms with Crippen LogP contribution in [-0.2, 0) is 4.74 Å². The van der Waals surface area contributed by atoms with Gasteiger partial charge in [0.25, 0.3) is 0 Å². The molecule has 7 rings (SSSR count). The van der Waals surface area contributed by atoms with Crippen molar-refractivity contribution in [3.8, 4) is 17.0 Å². The third-order valence-corrected chi connectivity index (χ3v) is 7.70. The highest BCUT2D eigenvalue weighted by Gasteiger charge is 2.46. The Morgan fingerprint density at radius 1 is 1.03 bits per heavy atom. The second-order valence-corrected chi connectivity index (χ2v) is 9.89. The van der Waals surface area contributed by atoms with Gasteiger partial charge in [0, 0.05) is 69.2 Å². The molecular weight excluding hydrogens is 463 g/mol. The molecule has 5 fully saturated rings. The number of rotatable bonds is 7. The largest absolute Gasteiger partial charge is 0.573 e. The summed E-state index contributed by atoms with van der Waals surface area (Å²) < 4.78 is 48.0. The van der Waals surface area contributed by atoms with Gasteiger partial charge < -0.3 is 25.0 Å². The van der Waals surface area contributed by atoms with Gasteiger partial charge in [-0.15, -0.1) is 13.2 Å². The van der Waals surface area contributed by atoms with Gasteiger partial charge in [0.15, 0.2) is 11.6 Å². The average molecular weight is 492 g/mol. The van der Waals surface area contributed by atoms with Gasteiger partial charge in [-0.3, -0.25) is 4.90 Å². The summed E-state index contributed by atoms with van der Waals surface area (Å²) in [5, 5.41) is 0. The highest BCUT2D eigenvalue weighted by Crippen LogP contribution is 2.44. The van der Waals surface area contributed by atoms with Crippen molar-refractivity contribution in [1.82, 2.24) is 19.9 Å². The molecule has 5 aliphatic rings. The van der Waals surface area contributed by atoms with E-state index in [1.165, 1.54) is 12.3 Å². The Balaban J connectivity index is 1.33. The average Bonchev–Trinajstić information content (AvgIpc) is 3.57. The first-order chi connectivity index (χ1) is 16.8. The number of methoxy groups -OCH3 is 1. The van der Waals surface area contributed by atoms with Crippen LogP contribution in [-0.4, -0.2) is 84.2 Å². The molecule has 2 unspecified atom stereocenters. The molecule has 4 bridgehead atoms. The Morgan fingerprint density at radius 2 is 1.86 bits per heavy atom. The van der Waals surface area contributed by atoms with Gasteiger partial charge in [-0.1, -0.05) is 0 Å². The monoisotopic (exact) mass is 491 g/mol. The van der Waals surface area contributed by atoms with E-state index >= 15 is 0 Å². The zero-order valence-corrected chi connectivity index (χ0v) is 19.4. The Hall–Kier alpha value is -2.86. The first-order valence-electron chi connectivity index (χ1n) is 11.9. The summed E-state index contributed by atoms with van der Waals surface area (Å²) in [6.07, 6.45) is -0.102. The van der Waals surface area contributed by atoms with Crippen molar-refractivity contribution in [2.45, 2.75) is 43.8 Å². The molecule has 0 spiro atoms. The number of aromatic nitrogens is 3. The van der Waals surface area contributed by atoms with Crippen LogP contribution in [0, 0.1) is 5.92 Å². The second kappa shape index (κ2) is 8.37. The second-order valence-electron chi connectivity index (χ2n) is 9.89. The summed E-state index contributed by atoms with van der Waals surface area (Å²) in [6, 6.07) is 4.28. The number of likely N-dealkylation sites (tertiary alicyclic amines) is 1. The SMILES string of the molecule is COCCN1CC2CC1CN2c1cc(-c2cnc(N)c(OC(F)(F)F)c2)nc(N2CC3CC2C3)n1. The first kappa shape index (κ1) is 22.6. The van der Waals surface area contributed by atoms with E-state index in [2.05, 4.69) is 24.4 Å². The van der Waals surface area contributed by atoms with Gasteiger partial charge >= 0.3 is 6.36 Å². The number of ether oxygens (including phenoxy) is 2. The van der Waals surface area contributed by atoms with Crippen LogP contribution in [0.15, 0.2) is 18.3 Å². The standard InChI is InChI=1S/C23H28F3N7O2/c1-34-3-2-31-11-17-7-16(31)12-32(17)20-8-18(29-22(30-20)33-10-13-4-15(33)5-13)14-6-19(21(27)28-9-14)35-23(24,25)26/h6,8-9,13,15-17H,2-5,7,10-12H2,1H3,(H2,27,28). The number of fused-ring (bicyclic) bond motifs is 3. The van der Waals surface area contributed by atoms with Gasteiger partial charge in [-0.25, -0.2) is 9.97 Å². The lowest BCUT2D eigenvalue weighted by atomic mass is 9.86. The van der Waals surface area contributed by atoms with Crippen LogP contribution in [0.3, 0.4) is 0 Å². The van der Waals surface area contributed by atoms with Crippen molar-refractivity contribution in [2.24, 2.45) is 5.92 Å². The van der Waals surface area contributed by atoms with Crippen LogP contribution in [0.2, 0.25) is 0 Å². The molecule has 1 aliphatic carbocycles. The Bertz CT molecular complexity index is 1110. The van der Waals surface area contributed by atoms with Crippen LogP contribution >= 0.6 is 0 Å². The fourth-order valence-electron chi connectivity index (χ4n) is 5.94. The molecule has 0 radical (unpaired) electrons. The number of nitrogens with two attached hydrogens (primary N) is 1. The zero-order valence-electron chi connectivity index (χ0n) is 19.4. The summed E-state index contributed by atoms with van der Waals surface area (Å²) in [5.41, 5.74) is 6.56. The van der Waals surface area contributed by atoms with Crippen molar-refractivity contribution >= 4 is 17.6 Å². The minimum absolute atomic E-state index is 0.325. The third kappa shape index (κ3) is 4.22. The molecule has 188 valence electrons. The van der Waals surface area contributed by atoms with Gasteiger partial charge in [0.05, 0.1) is 12.3 Å². The maximum atomic E-state index is 12.9. The van der Waals surface area contributed by atoms with Gasteiger partial charge in [-0.05, 0) is 31.2 Å². The minimum atomic E-state index is -4.86. The van der Waals surface area contributed by atoms with E-state index < -0.39 is 12.1 Å². The third-order valence-electron chi connectivity index (χ3n) is 7.70. The van der Waals surface area contributed by atoms with Crippen LogP contribution in [0.5, 0.6) is 5.75 Å². The Morgan fingerprint density at radius 3 is 2.51 bits per heavy atom. The highest BCUT2D eigenvalue weighted by atomic mass is 19.4. The molecular formula is C23H28F3N7O2. The number of piperazine rings is 1. The molecule has 2 atom stereocenters. The normalized spacial score (nSPS) is 27.5. The molecule has 4 saturated heterocycles. The number of hydrogen-bond acceptors (Lipinski definition) is 9. The van der Waals surface area contributed by atoms with Gasteiger partial charge in [0.1, 0.15) is 5.82 Å². The van der Waals surface area contributed by atoms with Crippen LogP contribution in [0.4, 0.5) is 30.8 Å². The maximum Gasteiger partial charge on any atom is 0.573 e. The summed E-state index contributed by atoms with van der Waals surface area (Å²) >= 11 is 0. The summed E-state index contributed by atoms with van der Waals surface area (Å²) in [4.78, 5) is 20.6. The van der Waals surface area contributed by atoms with E-state index in [9.17, 15) is 13.2 Å². The van der Waals surface area contributed by atoms with E-state index in [1.807, 2.05) is 6.07 Å². The fraction of sp³-hybridized carbons (Fsp3) is 0.609. The highest BCUT2D eigenvalue weighted by molar-refractivity contribution is 5.68. The molecule has 2 N–H and O–H groups in total. The summed E-state index contributed by atoms with van der Waals surface area (Å²) in [6.45, 7) is 4.30. The van der Waals surface area contributed by atoms with Crippen molar-refractivity contribution in [3.63, 3.8) is 0 Å². The molecule has 1 saturated carbocycles. The van der Waals surface area contributed by atoms with Crippen LogP contribution in [0.1, 0.15) is 19.3 Å². The maximum absolute atomic E-state index is 12.9. The Kier molecular flexibility index (Phi) is 5.40. The van der Waals surface area contributed by atoms with Crippen molar-refractivity contribution in [1.29, 1.82) is 0 Å². The lowest BCUT2D eigenvalue weighted by Gasteiger charge is -2.35. The van der Waals surface area contributed by atoms with Gasteiger partial charge in [-0.2, -0.15) is 4.98 Å². The molecule has 35 heavy (non-hydrogen) atoms. The predicted octanol–water partition coefficient (Wildman–Crippen LogP) is 2.53. The van der Waals surface area contributed by atoms with E-state index in [1.54, 1.807) is 7.11 Å². The molecule has 4 aliphatic heterocycles. The first-order valence-corrected chi connectivity index (χ1v) is 11.9. The summed E-state index contributed by atoms with van der Waals surface area (Å²) in [7, 11) is 1.71. The van der Waals surface area contributed by atoms with Crippen LogP contribution in [0.25, 0.3) is 11.3 Å². The Labute approximate surface area is 201 Å². The number of nitrogens with zero attached hydrogens (tertiary/aromatic N) is 6. The molecule has 0 amide bonds. The van der Waals surface area contributed by atoms with Crippen LogP contribution < -0.4 is 20.3 Å². The molecule has 12 heteroatoms. The van der Waals surface area contributed by atoms with Crippen molar-refractivity contribution < 1.29 is 22.6 Å². The molecule has 9 nitrogen and oxygen atoms in total. The summed E-state index contributed by atoms with van der Waals surface area (Å²) in [5.74, 6) is 1.22. The van der Waals surface area contributed by atoms with Gasteiger partial charge in [0.2, 0.25) is 5.95 Å². The number of hydrogen-bond donors (Lipinski definition) is 1. The zero-order chi connectivity index (χ0) is 24.3. The quantitative estimate of drug-likeness (QED) is 0.627. The predicted molar refractivity (Wildman–Crippen MR) is 123 cm³/mol. The molecule has 0 aromatic carbocycles. The van der Waals surface area contributed by atoms with E-state index in [0.29, 0.717) is 47.9 Å². The van der Waals surface area contributed by atoms with E-state index in [4.69, 9.17) is 20.4 Å². The number of pyridine rings is 1. The number of alkyl halides is 3. The van der Waals surface area contributed by atoms with E-state index in [0.717, 1.165) is 51.3 Å². The minimum Gasteiger partial charge on any atom is -0.402 e. The van der Waals surface area contributed by atoms with Crippen molar-refractivity contribution in [2.75, 3.05) is 55.4 Å². The molecule has 2 aromatic heterocycles. The molecule has 2 aromatic rings. The number of anilines is 3. The lowest BCUT2D eigenvalue weighted by molar-refractivity contribution is -0.274. The smallest absolute Gasteiger partial charge is 0.402 e.